The van der Waals surface area contributed by atoms with E-state index in [2.05, 4.69) is 58.4 Å². The molecule has 4 aromatic rings. The minimum absolute atomic E-state index is 0.253. The quantitative estimate of drug-likeness (QED) is 0.218. The van der Waals surface area contributed by atoms with Crippen LogP contribution in [0.3, 0.4) is 0 Å². The van der Waals surface area contributed by atoms with Gasteiger partial charge >= 0.3 is 6.03 Å². The smallest absolute Gasteiger partial charge is 0.328 e. The van der Waals surface area contributed by atoms with Gasteiger partial charge in [-0.05, 0) is 68.7 Å². The number of anilines is 6. The highest BCUT2D eigenvalue weighted by atomic mass is 35.5. The molecule has 8 heterocycles. The van der Waals surface area contributed by atoms with Crippen molar-refractivity contribution in [2.24, 2.45) is 5.92 Å². The van der Waals surface area contributed by atoms with Gasteiger partial charge in [0.05, 0.1) is 52.8 Å². The van der Waals surface area contributed by atoms with E-state index in [0.29, 0.717) is 54.2 Å². The van der Waals surface area contributed by atoms with Crippen molar-refractivity contribution >= 4 is 57.9 Å². The van der Waals surface area contributed by atoms with Gasteiger partial charge in [-0.1, -0.05) is 11.6 Å². The molecule has 5 aliphatic rings. The number of piperidine rings is 2. The summed E-state index contributed by atoms with van der Waals surface area (Å²) in [6, 6.07) is 5.81. The van der Waals surface area contributed by atoms with Gasteiger partial charge in [-0.15, -0.1) is 0 Å². The van der Waals surface area contributed by atoms with Crippen molar-refractivity contribution in [1.29, 1.82) is 0 Å². The molecule has 3 fully saturated rings. The van der Waals surface area contributed by atoms with E-state index in [1.54, 1.807) is 0 Å². The number of nitrogens with one attached hydrogen (secondary N) is 3. The minimum Gasteiger partial charge on any atom is -0.474 e. The molecule has 0 aliphatic carbocycles. The number of rotatable bonds is 8. The fourth-order valence-corrected chi connectivity index (χ4v) is 8.92. The Morgan fingerprint density at radius 3 is 2.62 bits per heavy atom. The second-order valence-electron chi connectivity index (χ2n) is 15.2. The van der Waals surface area contributed by atoms with E-state index >= 15 is 0 Å². The zero-order valence-corrected chi connectivity index (χ0v) is 31.9. The summed E-state index contributed by atoms with van der Waals surface area (Å²) in [6.07, 6.45) is 13.4. The monoisotopic (exact) mass is 766 g/mol. The number of aromatic nitrogens is 5. The highest BCUT2D eigenvalue weighted by Gasteiger charge is 2.29. The van der Waals surface area contributed by atoms with E-state index in [0.717, 1.165) is 112 Å². The Kier molecular flexibility index (Phi) is 9.81. The van der Waals surface area contributed by atoms with Crippen molar-refractivity contribution in [2.45, 2.75) is 58.0 Å². The van der Waals surface area contributed by atoms with Gasteiger partial charge in [0.15, 0.2) is 0 Å². The van der Waals surface area contributed by atoms with E-state index in [4.69, 9.17) is 26.4 Å². The first-order valence-corrected chi connectivity index (χ1v) is 19.9. The SMILES string of the molecule is Cc1c(N2CCc3cnc(Nc4cnn(C5CCN(CC6CCN(c7ccc(N8CCC(=O)NC8=O)c(Cl)c7)CC6)CC5)c4)nc3C2)cnc2c1NCCO2. The summed E-state index contributed by atoms with van der Waals surface area (Å²) in [6.45, 7) is 10.7. The number of urea groups is 1. The van der Waals surface area contributed by atoms with Crippen molar-refractivity contribution in [3.8, 4) is 5.88 Å². The van der Waals surface area contributed by atoms with Gasteiger partial charge in [0.1, 0.15) is 12.3 Å². The molecule has 9 rings (SSSR count). The molecule has 0 unspecified atom stereocenters. The molecular formula is C39H47ClN12O3. The molecule has 1 aromatic carbocycles. The summed E-state index contributed by atoms with van der Waals surface area (Å²) in [4.78, 5) is 46.9. The lowest BCUT2D eigenvalue weighted by Crippen LogP contribution is -2.49. The number of carbonyl (C=O) groups is 2. The summed E-state index contributed by atoms with van der Waals surface area (Å²) >= 11 is 6.64. The average molecular weight is 767 g/mol. The number of hydrogen-bond acceptors (Lipinski definition) is 12. The fourth-order valence-electron chi connectivity index (χ4n) is 8.64. The third-order valence-corrected chi connectivity index (χ3v) is 12.1. The Bertz CT molecular complexity index is 2080. The van der Waals surface area contributed by atoms with E-state index < -0.39 is 6.03 Å². The Morgan fingerprint density at radius 1 is 0.945 bits per heavy atom. The Labute approximate surface area is 325 Å². The largest absolute Gasteiger partial charge is 0.474 e. The first kappa shape index (κ1) is 35.5. The third-order valence-electron chi connectivity index (χ3n) is 11.8. The first-order valence-electron chi connectivity index (χ1n) is 19.5. The van der Waals surface area contributed by atoms with Crippen LogP contribution in [0.2, 0.25) is 5.02 Å². The highest BCUT2D eigenvalue weighted by molar-refractivity contribution is 6.34. The van der Waals surface area contributed by atoms with Gasteiger partial charge in [0.2, 0.25) is 17.7 Å². The van der Waals surface area contributed by atoms with E-state index in [1.165, 1.54) is 10.5 Å². The van der Waals surface area contributed by atoms with Crippen LogP contribution in [0.1, 0.15) is 55.0 Å². The maximum absolute atomic E-state index is 12.3. The van der Waals surface area contributed by atoms with Crippen LogP contribution < -0.4 is 35.4 Å². The van der Waals surface area contributed by atoms with Crippen LogP contribution in [0, 0.1) is 12.8 Å². The molecule has 0 atom stereocenters. The molecule has 3 saturated heterocycles. The summed E-state index contributed by atoms with van der Waals surface area (Å²) in [7, 11) is 0. The molecule has 15 nitrogen and oxygen atoms in total. The number of nitrogens with zero attached hydrogens (tertiary/aromatic N) is 9. The summed E-state index contributed by atoms with van der Waals surface area (Å²) in [5, 5.41) is 14.5. The lowest BCUT2D eigenvalue weighted by atomic mass is 9.94. The molecule has 0 saturated carbocycles. The maximum atomic E-state index is 12.3. The van der Waals surface area contributed by atoms with Crippen molar-refractivity contribution < 1.29 is 14.3 Å². The van der Waals surface area contributed by atoms with Crippen molar-refractivity contribution in [2.75, 3.05) is 84.3 Å². The lowest BCUT2D eigenvalue weighted by molar-refractivity contribution is -0.120. The van der Waals surface area contributed by atoms with Crippen LogP contribution in [0.25, 0.3) is 0 Å². The number of benzene rings is 1. The van der Waals surface area contributed by atoms with Crippen molar-refractivity contribution in [3.05, 3.63) is 64.8 Å². The summed E-state index contributed by atoms with van der Waals surface area (Å²) < 4.78 is 7.84. The number of imide groups is 1. The summed E-state index contributed by atoms with van der Waals surface area (Å²) in [5.41, 5.74) is 8.05. The minimum atomic E-state index is -0.420. The molecule has 55 heavy (non-hydrogen) atoms. The van der Waals surface area contributed by atoms with Crippen molar-refractivity contribution in [1.82, 2.24) is 34.9 Å². The van der Waals surface area contributed by atoms with Gasteiger partial charge < -0.3 is 30.1 Å². The number of fused-ring (bicyclic) bond motifs is 2. The van der Waals surface area contributed by atoms with Crippen LogP contribution in [-0.2, 0) is 17.8 Å². The predicted molar refractivity (Wildman–Crippen MR) is 212 cm³/mol. The molecule has 0 radical (unpaired) electrons. The maximum Gasteiger partial charge on any atom is 0.328 e. The Hall–Kier alpha value is -5.15. The molecule has 5 aliphatic heterocycles. The zero-order valence-electron chi connectivity index (χ0n) is 31.1. The van der Waals surface area contributed by atoms with Crippen molar-refractivity contribution in [3.63, 3.8) is 0 Å². The normalized spacial score (nSPS) is 19.7. The number of likely N-dealkylation sites (tertiary alicyclic amines) is 1. The number of carbonyl (C=O) groups excluding carboxylic acids is 2. The predicted octanol–water partition coefficient (Wildman–Crippen LogP) is 5.14. The van der Waals surface area contributed by atoms with E-state index in [9.17, 15) is 9.59 Å². The molecule has 3 aromatic heterocycles. The van der Waals surface area contributed by atoms with Gasteiger partial charge in [0, 0.05) is 82.4 Å². The van der Waals surface area contributed by atoms with Crippen LogP contribution in [-0.4, -0.2) is 101 Å². The van der Waals surface area contributed by atoms with Crippen LogP contribution >= 0.6 is 11.6 Å². The molecule has 16 heteroatoms. The second-order valence-corrected chi connectivity index (χ2v) is 15.7. The van der Waals surface area contributed by atoms with Gasteiger partial charge in [-0.3, -0.25) is 19.7 Å². The van der Waals surface area contributed by atoms with Gasteiger partial charge in [-0.25, -0.2) is 19.7 Å². The first-order chi connectivity index (χ1) is 26.8. The van der Waals surface area contributed by atoms with Crippen LogP contribution in [0.15, 0.2) is 43.0 Å². The topological polar surface area (TPSA) is 149 Å². The number of amides is 3. The number of ether oxygens (including phenoxy) is 1. The highest BCUT2D eigenvalue weighted by Crippen LogP contribution is 2.37. The third kappa shape index (κ3) is 7.46. The number of halogens is 1. The molecular weight excluding hydrogens is 720 g/mol. The van der Waals surface area contributed by atoms with Gasteiger partial charge in [-0.2, -0.15) is 5.10 Å². The van der Waals surface area contributed by atoms with E-state index in [-0.39, 0.29) is 12.3 Å². The van der Waals surface area contributed by atoms with Crippen LogP contribution in [0.4, 0.5) is 39.2 Å². The molecule has 3 amide bonds. The summed E-state index contributed by atoms with van der Waals surface area (Å²) in [5.74, 6) is 1.67. The van der Waals surface area contributed by atoms with Gasteiger partial charge in [0.25, 0.3) is 0 Å². The standard InChI is InChI=1S/C39H47ClN12O3/c1-25-34(21-42-37-36(25)41-10-17-55-37)50-15-6-27-19-43-38(46-32(27)24-50)45-28-20-44-52(23-28)29-7-11-48(12-8-29)22-26-4-13-49(14-5-26)30-2-3-33(31(40)18-30)51-16-9-35(53)47-39(51)54/h2-3,18-21,23,26,29,41H,4-17,22,24H2,1H3,(H,43,45,46)(H,47,53,54). The molecule has 3 N–H and O–H groups in total. The molecule has 0 bridgehead atoms. The zero-order chi connectivity index (χ0) is 37.5. The Morgan fingerprint density at radius 2 is 1.80 bits per heavy atom. The number of pyridine rings is 1. The Balaban J connectivity index is 0.743. The lowest BCUT2D eigenvalue weighted by Gasteiger charge is -2.38. The van der Waals surface area contributed by atoms with Crippen LogP contribution in [0.5, 0.6) is 5.88 Å². The molecule has 0 spiro atoms. The second kappa shape index (κ2) is 15.2. The van der Waals surface area contributed by atoms with E-state index in [1.807, 2.05) is 36.8 Å². The average Bonchev–Trinajstić information content (AvgIpc) is 3.67. The molecule has 288 valence electrons. The fraction of sp³-hybridized carbons (Fsp3) is 0.487. The number of hydrogen-bond donors (Lipinski definition) is 3.